The van der Waals surface area contributed by atoms with Gasteiger partial charge in [0.15, 0.2) is 11.9 Å². The number of aliphatic imine (C=N–C) groups is 2. The number of nitrogens with zero attached hydrogens (tertiary/aromatic N) is 2. The van der Waals surface area contributed by atoms with Crippen LogP contribution in [0.1, 0.15) is 99.0 Å². The fourth-order valence-electron chi connectivity index (χ4n) is 6.95. The minimum absolute atomic E-state index is 0.0106. The Balaban J connectivity index is 2.47. The Morgan fingerprint density at radius 1 is 0.641 bits per heavy atom. The standard InChI is InChI=1S/C43H71N13O8/c1-8-25(6)35(56-39(61)32(19-23(2)3)51-26(7)57)40(62)52-30(15-11-17-48-42(44)45)36(58)54-33(20-24(4)5)37(59)55-34(21-27-22-50-29-14-10-9-13-28(27)29)38(60)53-31(41(63)64)16-12-18-49-43(46)47/h9-10,13-14,22-25,30-35,50H,8,11-12,15-21H2,1-7H3,(H,51,57)(H,52,62)(H,53,60)(H,54,58)(H,55,59)(H,56,61)(H,63,64)(H4,44,45,48)(H4,46,47,49)/t25-,30-,31-,32-,33-,34-,35-/m0/s1. The van der Waals surface area contributed by atoms with Gasteiger partial charge in [-0.1, -0.05) is 66.2 Å². The van der Waals surface area contributed by atoms with Crippen LogP contribution < -0.4 is 54.8 Å². The van der Waals surface area contributed by atoms with Crippen LogP contribution in [-0.4, -0.2) is 113 Å². The molecule has 1 aromatic carbocycles. The van der Waals surface area contributed by atoms with Crippen molar-refractivity contribution in [3.05, 3.63) is 36.0 Å². The van der Waals surface area contributed by atoms with Crippen LogP contribution >= 0.6 is 0 Å². The molecular weight excluding hydrogens is 827 g/mol. The Bertz CT molecular complexity index is 1940. The highest BCUT2D eigenvalue weighted by Gasteiger charge is 2.35. The number of nitrogens with one attached hydrogen (secondary N) is 7. The van der Waals surface area contributed by atoms with Gasteiger partial charge in [0.05, 0.1) is 0 Å². The van der Waals surface area contributed by atoms with Gasteiger partial charge in [-0.3, -0.25) is 38.8 Å². The van der Waals surface area contributed by atoms with Gasteiger partial charge in [0.2, 0.25) is 35.4 Å². The molecule has 0 bridgehead atoms. The summed E-state index contributed by atoms with van der Waals surface area (Å²) in [6, 6.07) is 0.231. The van der Waals surface area contributed by atoms with Crippen molar-refractivity contribution in [2.75, 3.05) is 13.1 Å². The minimum Gasteiger partial charge on any atom is -0.480 e. The fourth-order valence-corrected chi connectivity index (χ4v) is 6.95. The highest BCUT2D eigenvalue weighted by molar-refractivity contribution is 5.97. The number of carboxylic acids is 1. The van der Waals surface area contributed by atoms with Crippen molar-refractivity contribution in [2.45, 2.75) is 136 Å². The van der Waals surface area contributed by atoms with Crippen molar-refractivity contribution in [2.24, 2.45) is 50.7 Å². The van der Waals surface area contributed by atoms with Gasteiger partial charge in [-0.15, -0.1) is 0 Å². The van der Waals surface area contributed by atoms with Gasteiger partial charge in [-0.2, -0.15) is 0 Å². The molecule has 356 valence electrons. The van der Waals surface area contributed by atoms with E-state index in [-0.39, 0.29) is 75.4 Å². The van der Waals surface area contributed by atoms with Crippen molar-refractivity contribution in [3.63, 3.8) is 0 Å². The monoisotopic (exact) mass is 898 g/mol. The Labute approximate surface area is 374 Å². The van der Waals surface area contributed by atoms with E-state index >= 15 is 0 Å². The molecule has 0 aliphatic rings. The third-order valence-corrected chi connectivity index (χ3v) is 10.4. The maximum absolute atomic E-state index is 14.3. The number of rotatable bonds is 28. The number of nitrogens with two attached hydrogens (primary N) is 4. The van der Waals surface area contributed by atoms with Gasteiger partial charge in [0.25, 0.3) is 0 Å². The first-order chi connectivity index (χ1) is 30.1. The Hall–Kier alpha value is -6.41. The molecular formula is C43H71N13O8. The number of benzene rings is 1. The molecule has 16 N–H and O–H groups in total. The third kappa shape index (κ3) is 18.9. The first kappa shape index (κ1) is 53.7. The zero-order valence-corrected chi connectivity index (χ0v) is 38.2. The number of carboxylic acid groups (broad SMARTS) is 1. The zero-order valence-electron chi connectivity index (χ0n) is 38.2. The second-order valence-corrected chi connectivity index (χ2v) is 16.9. The fraction of sp³-hybridized carbons (Fsp3) is 0.605. The van der Waals surface area contributed by atoms with Gasteiger partial charge in [0, 0.05) is 43.5 Å². The maximum atomic E-state index is 14.3. The molecule has 0 saturated carbocycles. The molecule has 0 aliphatic heterocycles. The van der Waals surface area contributed by atoms with Crippen molar-refractivity contribution < 1.29 is 38.7 Å². The van der Waals surface area contributed by atoms with E-state index in [4.69, 9.17) is 22.9 Å². The number of carbonyl (C=O) groups excluding carboxylic acids is 6. The van der Waals surface area contributed by atoms with Crippen LogP contribution in [0.5, 0.6) is 0 Å². The van der Waals surface area contributed by atoms with Gasteiger partial charge in [-0.25, -0.2) is 4.79 Å². The maximum Gasteiger partial charge on any atom is 0.326 e. The smallest absolute Gasteiger partial charge is 0.326 e. The lowest BCUT2D eigenvalue weighted by molar-refractivity contribution is -0.142. The van der Waals surface area contributed by atoms with Crippen LogP contribution in [0, 0.1) is 17.8 Å². The third-order valence-electron chi connectivity index (χ3n) is 10.4. The summed E-state index contributed by atoms with van der Waals surface area (Å²) in [7, 11) is 0. The molecule has 0 saturated heterocycles. The summed E-state index contributed by atoms with van der Waals surface area (Å²) >= 11 is 0. The quantitative estimate of drug-likeness (QED) is 0.0304. The number of aliphatic carboxylic acids is 1. The number of carbonyl (C=O) groups is 7. The van der Waals surface area contributed by atoms with Crippen LogP contribution in [0.15, 0.2) is 40.4 Å². The van der Waals surface area contributed by atoms with Crippen molar-refractivity contribution >= 4 is 64.2 Å². The highest BCUT2D eigenvalue weighted by atomic mass is 16.4. The van der Waals surface area contributed by atoms with Gasteiger partial charge in [-0.05, 0) is 67.9 Å². The van der Waals surface area contributed by atoms with Crippen molar-refractivity contribution in [1.82, 2.24) is 36.9 Å². The normalized spacial score (nSPS) is 14.5. The second kappa shape index (κ2) is 26.9. The van der Waals surface area contributed by atoms with Crippen LogP contribution in [0.25, 0.3) is 10.9 Å². The number of H-pyrrole nitrogens is 1. The Morgan fingerprint density at radius 2 is 1.11 bits per heavy atom. The molecule has 0 unspecified atom stereocenters. The second-order valence-electron chi connectivity index (χ2n) is 16.9. The van der Waals surface area contributed by atoms with Crippen LogP contribution in [-0.2, 0) is 40.0 Å². The molecule has 7 atom stereocenters. The predicted octanol–water partition coefficient (Wildman–Crippen LogP) is -0.0308. The summed E-state index contributed by atoms with van der Waals surface area (Å²) < 4.78 is 0. The number of aromatic amines is 1. The van der Waals surface area contributed by atoms with E-state index in [2.05, 4.69) is 46.9 Å². The molecule has 0 fully saturated rings. The average Bonchev–Trinajstić information content (AvgIpc) is 3.62. The van der Waals surface area contributed by atoms with Crippen molar-refractivity contribution in [1.29, 1.82) is 0 Å². The van der Waals surface area contributed by atoms with E-state index in [1.54, 1.807) is 13.1 Å². The predicted molar refractivity (Wildman–Crippen MR) is 245 cm³/mol. The van der Waals surface area contributed by atoms with E-state index in [1.165, 1.54) is 6.92 Å². The lowest BCUT2D eigenvalue weighted by Crippen LogP contribution is -2.60. The number of guanidine groups is 2. The van der Waals surface area contributed by atoms with Gasteiger partial charge >= 0.3 is 5.97 Å². The largest absolute Gasteiger partial charge is 0.480 e. The van der Waals surface area contributed by atoms with Gasteiger partial charge < -0.3 is 64.9 Å². The molecule has 2 aromatic rings. The lowest BCUT2D eigenvalue weighted by atomic mass is 9.96. The molecule has 0 spiro atoms. The molecule has 1 heterocycles. The van der Waals surface area contributed by atoms with E-state index in [0.29, 0.717) is 18.4 Å². The van der Waals surface area contributed by atoms with Crippen molar-refractivity contribution in [3.8, 4) is 0 Å². The number of hydrogen-bond donors (Lipinski definition) is 12. The number of fused-ring (bicyclic) bond motifs is 1. The number of amides is 6. The van der Waals surface area contributed by atoms with Crippen LogP contribution in [0.4, 0.5) is 0 Å². The van der Waals surface area contributed by atoms with E-state index < -0.39 is 83.6 Å². The molecule has 0 radical (unpaired) electrons. The van der Waals surface area contributed by atoms with E-state index in [1.807, 2.05) is 58.9 Å². The minimum atomic E-state index is -1.34. The van der Waals surface area contributed by atoms with E-state index in [9.17, 15) is 38.7 Å². The zero-order chi connectivity index (χ0) is 48.1. The summed E-state index contributed by atoms with van der Waals surface area (Å²) in [6.45, 7) is 12.6. The molecule has 21 heteroatoms. The molecule has 21 nitrogen and oxygen atoms in total. The average molecular weight is 898 g/mol. The Morgan fingerprint density at radius 3 is 1.64 bits per heavy atom. The first-order valence-corrected chi connectivity index (χ1v) is 21.8. The first-order valence-electron chi connectivity index (χ1n) is 21.8. The number of aromatic nitrogens is 1. The van der Waals surface area contributed by atoms with E-state index in [0.717, 1.165) is 10.9 Å². The summed E-state index contributed by atoms with van der Waals surface area (Å²) in [5, 5.41) is 27.0. The summed E-state index contributed by atoms with van der Waals surface area (Å²) in [5.41, 5.74) is 23.3. The number of para-hydroxylation sites is 1. The molecule has 1 aromatic heterocycles. The highest BCUT2D eigenvalue weighted by Crippen LogP contribution is 2.20. The number of hydrogen-bond acceptors (Lipinski definition) is 9. The summed E-state index contributed by atoms with van der Waals surface area (Å²) in [5.74, 6) is -6.00. The molecule has 6 amide bonds. The SMILES string of the molecule is CC[C@H](C)[C@H](NC(=O)[C@H](CC(C)C)NC(C)=O)C(=O)N[C@@H](CCCN=C(N)N)C(=O)N[C@@H](CC(C)C)C(=O)N[C@@H](Cc1c[nH]c2ccccc12)C(=O)N[C@@H](CCCN=C(N)N)C(=O)O. The van der Waals surface area contributed by atoms with Crippen LogP contribution in [0.3, 0.4) is 0 Å². The summed E-state index contributed by atoms with van der Waals surface area (Å²) in [4.78, 5) is 105. The summed E-state index contributed by atoms with van der Waals surface area (Å²) in [6.07, 6.45) is 3.05. The topological polar surface area (TPSA) is 356 Å². The lowest BCUT2D eigenvalue weighted by Gasteiger charge is -2.30. The molecule has 64 heavy (non-hydrogen) atoms. The molecule has 0 aliphatic carbocycles. The van der Waals surface area contributed by atoms with Crippen LogP contribution in [0.2, 0.25) is 0 Å². The molecule has 2 rings (SSSR count). The Kier molecular flexibility index (Phi) is 22.6. The van der Waals surface area contributed by atoms with Gasteiger partial charge in [0.1, 0.15) is 36.3 Å².